The first-order chi connectivity index (χ1) is 7.16. The Kier molecular flexibility index (Phi) is 4.12. The standard InChI is InChI=1S/C11H16N2O2/c1-3-15-11(14)9(2)13(12)10-7-5-4-6-8-10/h4-9H,3,12H2,1-2H3. The Morgan fingerprint density at radius 3 is 2.60 bits per heavy atom. The predicted octanol–water partition coefficient (Wildman–Crippen LogP) is 1.32. The summed E-state index contributed by atoms with van der Waals surface area (Å²) in [5, 5.41) is 1.40. The molecular weight excluding hydrogens is 192 g/mol. The lowest BCUT2D eigenvalue weighted by molar-refractivity contribution is -0.144. The van der Waals surface area contributed by atoms with E-state index in [1.807, 2.05) is 30.3 Å². The summed E-state index contributed by atoms with van der Waals surface area (Å²) in [6, 6.07) is 8.84. The van der Waals surface area contributed by atoms with E-state index in [-0.39, 0.29) is 5.97 Å². The summed E-state index contributed by atoms with van der Waals surface area (Å²) in [6.45, 7) is 3.85. The zero-order valence-corrected chi connectivity index (χ0v) is 9.01. The van der Waals surface area contributed by atoms with E-state index in [1.54, 1.807) is 13.8 Å². The van der Waals surface area contributed by atoms with E-state index in [2.05, 4.69) is 0 Å². The molecule has 2 N–H and O–H groups in total. The molecule has 82 valence electrons. The van der Waals surface area contributed by atoms with Gasteiger partial charge in [-0.05, 0) is 26.0 Å². The second-order valence-electron chi connectivity index (χ2n) is 3.17. The van der Waals surface area contributed by atoms with E-state index >= 15 is 0 Å². The van der Waals surface area contributed by atoms with Gasteiger partial charge in [-0.1, -0.05) is 18.2 Å². The minimum absolute atomic E-state index is 0.316. The molecule has 0 aliphatic heterocycles. The third kappa shape index (κ3) is 2.95. The highest BCUT2D eigenvalue weighted by Gasteiger charge is 2.19. The number of ether oxygens (including phenoxy) is 1. The highest BCUT2D eigenvalue weighted by molar-refractivity contribution is 5.79. The van der Waals surface area contributed by atoms with E-state index in [9.17, 15) is 4.79 Å². The number of benzene rings is 1. The van der Waals surface area contributed by atoms with Gasteiger partial charge in [0, 0.05) is 0 Å². The van der Waals surface area contributed by atoms with Gasteiger partial charge < -0.3 is 4.74 Å². The van der Waals surface area contributed by atoms with Crippen LogP contribution >= 0.6 is 0 Å². The summed E-state index contributed by atoms with van der Waals surface area (Å²) < 4.78 is 4.89. The van der Waals surface area contributed by atoms with Crippen LogP contribution in [0.5, 0.6) is 0 Å². The molecule has 0 aliphatic carbocycles. The van der Waals surface area contributed by atoms with Crippen molar-refractivity contribution in [3.05, 3.63) is 30.3 Å². The monoisotopic (exact) mass is 208 g/mol. The Bertz CT molecular complexity index is 314. The van der Waals surface area contributed by atoms with Gasteiger partial charge in [0.25, 0.3) is 0 Å². The van der Waals surface area contributed by atoms with Crippen molar-refractivity contribution < 1.29 is 9.53 Å². The summed E-state index contributed by atoms with van der Waals surface area (Å²) in [7, 11) is 0. The molecule has 0 saturated heterocycles. The Hall–Kier alpha value is -1.55. The lowest BCUT2D eigenvalue weighted by atomic mass is 10.2. The lowest BCUT2D eigenvalue weighted by Crippen LogP contribution is -2.45. The smallest absolute Gasteiger partial charge is 0.330 e. The fraction of sp³-hybridized carbons (Fsp3) is 0.364. The minimum Gasteiger partial charge on any atom is -0.464 e. The highest BCUT2D eigenvalue weighted by Crippen LogP contribution is 2.12. The second kappa shape index (κ2) is 5.36. The summed E-state index contributed by atoms with van der Waals surface area (Å²) in [5.74, 6) is 5.49. The molecule has 0 spiro atoms. The first kappa shape index (κ1) is 11.5. The van der Waals surface area contributed by atoms with Gasteiger partial charge in [-0.15, -0.1) is 0 Å². The van der Waals surface area contributed by atoms with Gasteiger partial charge in [0.1, 0.15) is 6.04 Å². The van der Waals surface area contributed by atoms with Gasteiger partial charge in [-0.2, -0.15) is 0 Å². The van der Waals surface area contributed by atoms with Crippen LogP contribution in [0.25, 0.3) is 0 Å². The lowest BCUT2D eigenvalue weighted by Gasteiger charge is -2.24. The first-order valence-corrected chi connectivity index (χ1v) is 4.92. The number of rotatable bonds is 4. The fourth-order valence-electron chi connectivity index (χ4n) is 1.20. The van der Waals surface area contributed by atoms with Crippen molar-refractivity contribution in [3.8, 4) is 0 Å². The number of nitrogens with two attached hydrogens (primary N) is 1. The molecule has 4 heteroatoms. The molecule has 0 fully saturated rings. The Balaban J connectivity index is 2.68. The van der Waals surface area contributed by atoms with Crippen LogP contribution in [-0.4, -0.2) is 18.6 Å². The number of hydrazine groups is 1. The average Bonchev–Trinajstić information content (AvgIpc) is 2.28. The van der Waals surface area contributed by atoms with Gasteiger partial charge >= 0.3 is 5.97 Å². The van der Waals surface area contributed by atoms with Gasteiger partial charge in [0.2, 0.25) is 0 Å². The number of carbonyl (C=O) groups is 1. The van der Waals surface area contributed by atoms with Crippen LogP contribution in [0, 0.1) is 0 Å². The van der Waals surface area contributed by atoms with Crippen LogP contribution in [0.3, 0.4) is 0 Å². The largest absolute Gasteiger partial charge is 0.464 e. The third-order valence-corrected chi connectivity index (χ3v) is 2.10. The maximum Gasteiger partial charge on any atom is 0.330 e. The number of carbonyl (C=O) groups excluding carboxylic acids is 1. The van der Waals surface area contributed by atoms with Gasteiger partial charge in [0.15, 0.2) is 0 Å². The normalized spacial score (nSPS) is 11.9. The topological polar surface area (TPSA) is 55.6 Å². The number of para-hydroxylation sites is 1. The number of hydrogen-bond acceptors (Lipinski definition) is 4. The summed E-state index contributed by atoms with van der Waals surface area (Å²) in [4.78, 5) is 11.4. The molecule has 0 saturated carbocycles. The molecule has 0 amide bonds. The average molecular weight is 208 g/mol. The Morgan fingerprint density at radius 1 is 1.47 bits per heavy atom. The fourth-order valence-corrected chi connectivity index (χ4v) is 1.20. The molecule has 0 bridgehead atoms. The zero-order chi connectivity index (χ0) is 11.3. The van der Waals surface area contributed by atoms with Crippen LogP contribution in [-0.2, 0) is 9.53 Å². The highest BCUT2D eigenvalue weighted by atomic mass is 16.5. The van der Waals surface area contributed by atoms with Crippen LogP contribution in [0.15, 0.2) is 30.3 Å². The van der Waals surface area contributed by atoms with Crippen molar-refractivity contribution in [2.75, 3.05) is 11.6 Å². The number of nitrogens with zero attached hydrogens (tertiary/aromatic N) is 1. The van der Waals surface area contributed by atoms with Gasteiger partial charge in [0.05, 0.1) is 12.3 Å². The molecule has 4 nitrogen and oxygen atoms in total. The van der Waals surface area contributed by atoms with Crippen molar-refractivity contribution >= 4 is 11.7 Å². The molecule has 1 aromatic rings. The third-order valence-electron chi connectivity index (χ3n) is 2.10. The number of anilines is 1. The molecule has 15 heavy (non-hydrogen) atoms. The van der Waals surface area contributed by atoms with Crippen molar-refractivity contribution in [3.63, 3.8) is 0 Å². The van der Waals surface area contributed by atoms with Crippen molar-refractivity contribution in [1.29, 1.82) is 0 Å². The van der Waals surface area contributed by atoms with Gasteiger partial charge in [-0.3, -0.25) is 5.01 Å². The molecule has 1 aromatic carbocycles. The summed E-state index contributed by atoms with van der Waals surface area (Å²) in [5.41, 5.74) is 0.790. The van der Waals surface area contributed by atoms with Crippen LogP contribution in [0.4, 0.5) is 5.69 Å². The van der Waals surface area contributed by atoms with Crippen molar-refractivity contribution in [2.24, 2.45) is 5.84 Å². The zero-order valence-electron chi connectivity index (χ0n) is 9.01. The molecule has 0 aliphatic rings. The Morgan fingerprint density at radius 2 is 2.07 bits per heavy atom. The SMILES string of the molecule is CCOC(=O)C(C)N(N)c1ccccc1. The van der Waals surface area contributed by atoms with E-state index in [1.165, 1.54) is 5.01 Å². The van der Waals surface area contributed by atoms with E-state index in [4.69, 9.17) is 10.6 Å². The van der Waals surface area contributed by atoms with Crippen LogP contribution in [0.1, 0.15) is 13.8 Å². The minimum atomic E-state index is -0.479. The molecule has 0 aromatic heterocycles. The number of hydrogen-bond donors (Lipinski definition) is 1. The molecule has 0 radical (unpaired) electrons. The van der Waals surface area contributed by atoms with Crippen LogP contribution < -0.4 is 10.9 Å². The van der Waals surface area contributed by atoms with Crippen molar-refractivity contribution in [1.82, 2.24) is 0 Å². The molecule has 1 atom stereocenters. The van der Waals surface area contributed by atoms with E-state index in [0.717, 1.165) is 5.69 Å². The molecule has 0 heterocycles. The Labute approximate surface area is 89.6 Å². The maximum atomic E-state index is 11.4. The van der Waals surface area contributed by atoms with Crippen molar-refractivity contribution in [2.45, 2.75) is 19.9 Å². The predicted molar refractivity (Wildman–Crippen MR) is 59.2 cm³/mol. The van der Waals surface area contributed by atoms with E-state index < -0.39 is 6.04 Å². The second-order valence-corrected chi connectivity index (χ2v) is 3.17. The molecule has 1 unspecified atom stereocenters. The summed E-state index contributed by atoms with van der Waals surface area (Å²) in [6.07, 6.45) is 0. The quantitative estimate of drug-likeness (QED) is 0.460. The maximum absolute atomic E-state index is 11.4. The van der Waals surface area contributed by atoms with E-state index in [0.29, 0.717) is 6.61 Å². The molecule has 1 rings (SSSR count). The molecular formula is C11H16N2O2. The number of esters is 1. The first-order valence-electron chi connectivity index (χ1n) is 4.92. The van der Waals surface area contributed by atoms with Crippen LogP contribution in [0.2, 0.25) is 0 Å². The summed E-state index contributed by atoms with van der Waals surface area (Å²) >= 11 is 0. The van der Waals surface area contributed by atoms with Gasteiger partial charge in [-0.25, -0.2) is 10.6 Å².